The number of rotatable bonds is 0. The van der Waals surface area contributed by atoms with E-state index in [0.29, 0.717) is 0 Å². The van der Waals surface area contributed by atoms with Crippen molar-refractivity contribution in [2.45, 2.75) is 33.1 Å². The Balaban J connectivity index is 3.19. The molecule has 12 heavy (non-hydrogen) atoms. The quantitative estimate of drug-likeness (QED) is 0.546. The summed E-state index contributed by atoms with van der Waals surface area (Å²) in [5, 5.41) is 0. The molecular weight excluding hydrogens is 144 g/mol. The van der Waals surface area contributed by atoms with Crippen LogP contribution in [0.3, 0.4) is 0 Å². The standard InChI is InChI=1S/C12H17/c1-9-6-7-11(10(2)8-9)12(3,4)5/h6-8H,1H2,2-5H3. The van der Waals surface area contributed by atoms with Crippen LogP contribution in [-0.4, -0.2) is 0 Å². The Kier molecular flexibility index (Phi) is 2.27. The van der Waals surface area contributed by atoms with Gasteiger partial charge in [-0.1, -0.05) is 39.0 Å². The van der Waals surface area contributed by atoms with E-state index in [2.05, 4.69) is 52.8 Å². The number of hydrogen-bond donors (Lipinski definition) is 0. The zero-order valence-corrected chi connectivity index (χ0v) is 8.44. The van der Waals surface area contributed by atoms with Crippen LogP contribution in [0.1, 0.15) is 37.5 Å². The van der Waals surface area contributed by atoms with Gasteiger partial charge in [0.05, 0.1) is 0 Å². The summed E-state index contributed by atoms with van der Waals surface area (Å²) in [6, 6.07) is 6.39. The molecule has 0 unspecified atom stereocenters. The smallest absolute Gasteiger partial charge is 0.0129 e. The van der Waals surface area contributed by atoms with Crippen molar-refractivity contribution >= 4 is 0 Å². The molecule has 0 bridgehead atoms. The summed E-state index contributed by atoms with van der Waals surface area (Å²) in [5.74, 6) is 0. The second-order valence-electron chi connectivity index (χ2n) is 4.40. The first-order chi connectivity index (χ1) is 5.41. The highest BCUT2D eigenvalue weighted by molar-refractivity contribution is 5.36. The molecule has 0 saturated heterocycles. The highest BCUT2D eigenvalue weighted by Gasteiger charge is 2.15. The van der Waals surface area contributed by atoms with Crippen LogP contribution in [0.2, 0.25) is 0 Å². The zero-order chi connectivity index (χ0) is 9.35. The monoisotopic (exact) mass is 161 g/mol. The maximum Gasteiger partial charge on any atom is -0.0129 e. The van der Waals surface area contributed by atoms with Gasteiger partial charge in [0.2, 0.25) is 0 Å². The van der Waals surface area contributed by atoms with E-state index >= 15 is 0 Å². The van der Waals surface area contributed by atoms with Crippen molar-refractivity contribution < 1.29 is 0 Å². The maximum absolute atomic E-state index is 3.90. The number of aryl methyl sites for hydroxylation is 1. The van der Waals surface area contributed by atoms with Gasteiger partial charge in [-0.3, -0.25) is 0 Å². The van der Waals surface area contributed by atoms with Gasteiger partial charge < -0.3 is 0 Å². The van der Waals surface area contributed by atoms with E-state index < -0.39 is 0 Å². The van der Waals surface area contributed by atoms with E-state index in [4.69, 9.17) is 0 Å². The first-order valence-electron chi connectivity index (χ1n) is 4.34. The summed E-state index contributed by atoms with van der Waals surface area (Å²) < 4.78 is 0. The normalized spacial score (nSPS) is 11.8. The average molecular weight is 161 g/mol. The third kappa shape index (κ3) is 1.88. The van der Waals surface area contributed by atoms with Crippen molar-refractivity contribution in [3.8, 4) is 0 Å². The largest absolute Gasteiger partial charge is 0.0587 e. The van der Waals surface area contributed by atoms with E-state index in [9.17, 15) is 0 Å². The molecule has 0 atom stereocenters. The first-order valence-corrected chi connectivity index (χ1v) is 4.34. The predicted octanol–water partition coefficient (Wildman–Crippen LogP) is 3.47. The summed E-state index contributed by atoms with van der Waals surface area (Å²) in [5.41, 5.74) is 4.10. The Morgan fingerprint density at radius 3 is 2.17 bits per heavy atom. The lowest BCUT2D eigenvalue weighted by atomic mass is 9.84. The summed E-state index contributed by atoms with van der Waals surface area (Å²) in [4.78, 5) is 0. The molecule has 0 aromatic heterocycles. The minimum atomic E-state index is 0.248. The number of benzene rings is 1. The van der Waals surface area contributed by atoms with Gasteiger partial charge in [0.25, 0.3) is 0 Å². The van der Waals surface area contributed by atoms with Crippen molar-refractivity contribution in [1.82, 2.24) is 0 Å². The lowest BCUT2D eigenvalue weighted by Gasteiger charge is -2.21. The molecular formula is C12H17. The van der Waals surface area contributed by atoms with E-state index in [1.165, 1.54) is 11.1 Å². The minimum Gasteiger partial charge on any atom is -0.0587 e. The van der Waals surface area contributed by atoms with Crippen molar-refractivity contribution in [1.29, 1.82) is 0 Å². The lowest BCUT2D eigenvalue weighted by molar-refractivity contribution is 0.586. The molecule has 0 aliphatic heterocycles. The third-order valence-corrected chi connectivity index (χ3v) is 2.10. The van der Waals surface area contributed by atoms with Crippen molar-refractivity contribution in [3.05, 3.63) is 41.8 Å². The first kappa shape index (κ1) is 9.31. The van der Waals surface area contributed by atoms with Gasteiger partial charge in [-0.15, -0.1) is 0 Å². The Hall–Kier alpha value is -0.780. The van der Waals surface area contributed by atoms with Crippen molar-refractivity contribution in [2.24, 2.45) is 0 Å². The molecule has 0 amide bonds. The van der Waals surface area contributed by atoms with E-state index in [-0.39, 0.29) is 5.41 Å². The Morgan fingerprint density at radius 2 is 1.75 bits per heavy atom. The molecule has 0 heterocycles. The van der Waals surface area contributed by atoms with Gasteiger partial charge in [0.1, 0.15) is 0 Å². The lowest BCUT2D eigenvalue weighted by Crippen LogP contribution is -2.12. The van der Waals surface area contributed by atoms with Crippen LogP contribution in [-0.2, 0) is 5.41 Å². The maximum atomic E-state index is 3.90. The fourth-order valence-electron chi connectivity index (χ4n) is 1.57. The van der Waals surface area contributed by atoms with Crippen LogP contribution in [0.4, 0.5) is 0 Å². The van der Waals surface area contributed by atoms with Crippen LogP contribution in [0.15, 0.2) is 18.2 Å². The second-order valence-corrected chi connectivity index (χ2v) is 4.40. The molecule has 65 valence electrons. The van der Waals surface area contributed by atoms with Crippen molar-refractivity contribution in [2.75, 3.05) is 0 Å². The van der Waals surface area contributed by atoms with Gasteiger partial charge in [-0.2, -0.15) is 0 Å². The Labute approximate surface area is 75.6 Å². The molecule has 0 aliphatic carbocycles. The van der Waals surface area contributed by atoms with Gasteiger partial charge in [-0.25, -0.2) is 0 Å². The fraction of sp³-hybridized carbons (Fsp3) is 0.417. The molecule has 0 saturated carbocycles. The Bertz CT molecular complexity index is 277. The highest BCUT2D eigenvalue weighted by Crippen LogP contribution is 2.25. The van der Waals surface area contributed by atoms with Gasteiger partial charge in [0, 0.05) is 0 Å². The molecule has 1 aromatic rings. The molecule has 0 N–H and O–H groups in total. The topological polar surface area (TPSA) is 0 Å². The molecule has 1 rings (SSSR count). The predicted molar refractivity (Wildman–Crippen MR) is 54.3 cm³/mol. The molecule has 0 heteroatoms. The van der Waals surface area contributed by atoms with Crippen LogP contribution in [0.5, 0.6) is 0 Å². The fourth-order valence-corrected chi connectivity index (χ4v) is 1.57. The van der Waals surface area contributed by atoms with E-state index in [1.54, 1.807) is 0 Å². The zero-order valence-electron chi connectivity index (χ0n) is 8.44. The number of hydrogen-bond acceptors (Lipinski definition) is 0. The summed E-state index contributed by atoms with van der Waals surface area (Å²) in [6.45, 7) is 12.8. The molecule has 0 nitrogen and oxygen atoms in total. The van der Waals surface area contributed by atoms with Crippen LogP contribution in [0.25, 0.3) is 0 Å². The van der Waals surface area contributed by atoms with E-state index in [1.807, 2.05) is 0 Å². The van der Waals surface area contributed by atoms with Gasteiger partial charge >= 0.3 is 0 Å². The van der Waals surface area contributed by atoms with Crippen molar-refractivity contribution in [3.63, 3.8) is 0 Å². The third-order valence-electron chi connectivity index (χ3n) is 2.10. The molecule has 0 aliphatic rings. The Morgan fingerprint density at radius 1 is 1.17 bits per heavy atom. The second kappa shape index (κ2) is 2.93. The summed E-state index contributed by atoms with van der Waals surface area (Å²) in [7, 11) is 0. The molecule has 0 spiro atoms. The van der Waals surface area contributed by atoms with Crippen LogP contribution in [0, 0.1) is 13.8 Å². The minimum absolute atomic E-state index is 0.248. The van der Waals surface area contributed by atoms with Gasteiger partial charge in [0.15, 0.2) is 0 Å². The highest BCUT2D eigenvalue weighted by atomic mass is 14.2. The average Bonchev–Trinajstić information content (AvgIpc) is 1.83. The summed E-state index contributed by atoms with van der Waals surface area (Å²) >= 11 is 0. The van der Waals surface area contributed by atoms with E-state index in [0.717, 1.165) is 5.56 Å². The van der Waals surface area contributed by atoms with Gasteiger partial charge in [-0.05, 0) is 36.0 Å². The molecule has 1 aromatic carbocycles. The SMILES string of the molecule is [CH2]c1ccc(C(C)(C)C)c(C)c1. The molecule has 0 fully saturated rings. The molecule has 1 radical (unpaired) electrons. The van der Waals surface area contributed by atoms with Crippen LogP contribution < -0.4 is 0 Å². The summed E-state index contributed by atoms with van der Waals surface area (Å²) in [6.07, 6.45) is 0. The van der Waals surface area contributed by atoms with Crippen LogP contribution >= 0.6 is 0 Å².